The maximum absolute atomic E-state index is 13.3. The number of carbonyl (C=O) groups is 3. The second-order valence-corrected chi connectivity index (χ2v) is 5.32. The number of hydrogen-bond donors (Lipinski definition) is 2. The molecule has 1 heterocycles. The summed E-state index contributed by atoms with van der Waals surface area (Å²) >= 11 is 0. The molecule has 0 saturated heterocycles. The predicted octanol–water partition coefficient (Wildman–Crippen LogP) is 2.45. The van der Waals surface area contributed by atoms with Crippen LogP contribution in [0.5, 0.6) is 0 Å². The van der Waals surface area contributed by atoms with Gasteiger partial charge in [-0.1, -0.05) is 0 Å². The summed E-state index contributed by atoms with van der Waals surface area (Å²) < 4.78 is 18.2. The second-order valence-electron chi connectivity index (χ2n) is 5.32. The summed E-state index contributed by atoms with van der Waals surface area (Å²) in [6, 6.07) is 4.12. The van der Waals surface area contributed by atoms with Gasteiger partial charge in [0.25, 0.3) is 5.91 Å². The van der Waals surface area contributed by atoms with Gasteiger partial charge < -0.3 is 15.0 Å². The van der Waals surface area contributed by atoms with Gasteiger partial charge in [-0.2, -0.15) is 4.39 Å². The highest BCUT2D eigenvalue weighted by atomic mass is 19.1. The number of carbonyl (C=O) groups excluding carboxylic acids is 3. The van der Waals surface area contributed by atoms with Crippen molar-refractivity contribution >= 4 is 29.0 Å². The Hall–Kier alpha value is -3.56. The number of aromatic nitrogens is 1. The molecule has 0 spiro atoms. The molecule has 2 rings (SSSR count). The number of nitro groups is 1. The first kappa shape index (κ1) is 18.8. The number of Topliss-reactive ketones (excluding diaryl/α,β-unsaturated/α-hetero) is 1. The third kappa shape index (κ3) is 4.29. The summed E-state index contributed by atoms with van der Waals surface area (Å²) in [4.78, 5) is 47.5. The van der Waals surface area contributed by atoms with Gasteiger partial charge in [-0.05, 0) is 32.0 Å². The number of amides is 1. The second kappa shape index (κ2) is 7.55. The molecule has 0 aliphatic carbocycles. The first-order valence-electron chi connectivity index (χ1n) is 7.34. The van der Waals surface area contributed by atoms with Crippen molar-refractivity contribution in [2.24, 2.45) is 0 Å². The van der Waals surface area contributed by atoms with Crippen LogP contribution < -0.4 is 5.32 Å². The lowest BCUT2D eigenvalue weighted by molar-refractivity contribution is -0.387. The third-order valence-corrected chi connectivity index (χ3v) is 3.37. The van der Waals surface area contributed by atoms with Gasteiger partial charge >= 0.3 is 11.7 Å². The van der Waals surface area contributed by atoms with E-state index in [1.807, 2.05) is 0 Å². The summed E-state index contributed by atoms with van der Waals surface area (Å²) in [5.41, 5.74) is -0.541. The van der Waals surface area contributed by atoms with E-state index in [1.165, 1.54) is 26.1 Å². The Morgan fingerprint density at radius 1 is 1.31 bits per heavy atom. The summed E-state index contributed by atoms with van der Waals surface area (Å²) in [6.45, 7) is 2.62. The Bertz CT molecular complexity index is 892. The highest BCUT2D eigenvalue weighted by Crippen LogP contribution is 2.21. The number of rotatable bonds is 6. The van der Waals surface area contributed by atoms with Crippen LogP contribution >= 0.6 is 0 Å². The van der Waals surface area contributed by atoms with Gasteiger partial charge in [-0.15, -0.1) is 0 Å². The molecule has 2 N–H and O–H groups in total. The molecule has 2 aromatic rings. The Balaban J connectivity index is 2.03. The smallest absolute Gasteiger partial charge is 0.355 e. The van der Waals surface area contributed by atoms with Gasteiger partial charge in [0.2, 0.25) is 5.82 Å². The number of H-pyrrole nitrogens is 1. The quantitative estimate of drug-likeness (QED) is 0.351. The molecule has 1 amide bonds. The van der Waals surface area contributed by atoms with Crippen molar-refractivity contribution in [3.63, 3.8) is 0 Å². The molecule has 9 nitrogen and oxygen atoms in total. The van der Waals surface area contributed by atoms with Crippen molar-refractivity contribution in [3.05, 3.63) is 57.7 Å². The van der Waals surface area contributed by atoms with Gasteiger partial charge in [0.05, 0.1) is 4.92 Å². The number of anilines is 1. The van der Waals surface area contributed by atoms with E-state index in [4.69, 9.17) is 4.74 Å². The minimum atomic E-state index is -1.24. The molecule has 10 heteroatoms. The Labute approximate surface area is 146 Å². The molecule has 1 atom stereocenters. The Morgan fingerprint density at radius 2 is 2.00 bits per heavy atom. The summed E-state index contributed by atoms with van der Waals surface area (Å²) in [5.74, 6) is -2.91. The monoisotopic (exact) mass is 363 g/mol. The lowest BCUT2D eigenvalue weighted by Crippen LogP contribution is -2.30. The molecule has 26 heavy (non-hydrogen) atoms. The Kier molecular flexibility index (Phi) is 5.45. The first-order valence-corrected chi connectivity index (χ1v) is 7.34. The lowest BCUT2D eigenvalue weighted by atomic mass is 10.2. The fourth-order valence-electron chi connectivity index (χ4n) is 1.97. The predicted molar refractivity (Wildman–Crippen MR) is 87.4 cm³/mol. The molecule has 0 unspecified atom stereocenters. The largest absolute Gasteiger partial charge is 0.448 e. The SMILES string of the molecule is CC(=O)c1c[nH]c(C(=O)O[C@@H](C)C(=O)Nc2ccc(F)c([N+](=O)[O-])c2)c1. The Morgan fingerprint density at radius 3 is 2.58 bits per heavy atom. The number of nitrogens with one attached hydrogen (secondary N) is 2. The lowest BCUT2D eigenvalue weighted by Gasteiger charge is -2.13. The topological polar surface area (TPSA) is 131 Å². The molecule has 0 radical (unpaired) electrons. The van der Waals surface area contributed by atoms with E-state index in [-0.39, 0.29) is 22.7 Å². The van der Waals surface area contributed by atoms with Crippen LogP contribution in [0, 0.1) is 15.9 Å². The van der Waals surface area contributed by atoms with Crippen molar-refractivity contribution in [2.45, 2.75) is 20.0 Å². The molecule has 0 saturated carbocycles. The van der Waals surface area contributed by atoms with E-state index in [1.54, 1.807) is 0 Å². The number of hydrogen-bond acceptors (Lipinski definition) is 6. The van der Waals surface area contributed by atoms with Gasteiger partial charge in [0.1, 0.15) is 5.69 Å². The summed E-state index contributed by atoms with van der Waals surface area (Å²) in [6.07, 6.45) is 0.0945. The van der Waals surface area contributed by atoms with E-state index in [0.717, 1.165) is 18.2 Å². The fourth-order valence-corrected chi connectivity index (χ4v) is 1.97. The molecule has 1 aromatic heterocycles. The number of ether oxygens (including phenoxy) is 1. The summed E-state index contributed by atoms with van der Waals surface area (Å²) in [5, 5.41) is 13.0. The number of ketones is 1. The molecular weight excluding hydrogens is 349 g/mol. The van der Waals surface area contributed by atoms with E-state index >= 15 is 0 Å². The van der Waals surface area contributed by atoms with Crippen LogP contribution in [0.15, 0.2) is 30.5 Å². The zero-order chi connectivity index (χ0) is 19.4. The molecule has 136 valence electrons. The highest BCUT2D eigenvalue weighted by molar-refractivity contribution is 5.99. The number of benzene rings is 1. The molecule has 1 aromatic carbocycles. The van der Waals surface area contributed by atoms with E-state index < -0.39 is 34.4 Å². The third-order valence-electron chi connectivity index (χ3n) is 3.37. The van der Waals surface area contributed by atoms with Crippen molar-refractivity contribution in [1.29, 1.82) is 0 Å². The van der Waals surface area contributed by atoms with Crippen LogP contribution in [-0.2, 0) is 9.53 Å². The first-order chi connectivity index (χ1) is 12.2. The maximum Gasteiger partial charge on any atom is 0.355 e. The standard InChI is InChI=1S/C16H14FN3O6/c1-8(21)10-5-13(18-7-10)16(23)26-9(2)15(22)19-11-3-4-12(17)14(6-11)20(24)25/h3-7,9,18H,1-2H3,(H,19,22)/t9-/m0/s1. The minimum Gasteiger partial charge on any atom is -0.448 e. The zero-order valence-corrected chi connectivity index (χ0v) is 13.7. The maximum atomic E-state index is 13.3. The summed E-state index contributed by atoms with van der Waals surface area (Å²) in [7, 11) is 0. The van der Waals surface area contributed by atoms with Crippen molar-refractivity contribution in [3.8, 4) is 0 Å². The average Bonchev–Trinajstić information content (AvgIpc) is 3.06. The van der Waals surface area contributed by atoms with Crippen LogP contribution in [0.25, 0.3) is 0 Å². The van der Waals surface area contributed by atoms with Crippen LogP contribution in [0.2, 0.25) is 0 Å². The van der Waals surface area contributed by atoms with Crippen LogP contribution in [0.4, 0.5) is 15.8 Å². The average molecular weight is 363 g/mol. The molecule has 0 aliphatic heterocycles. The number of aromatic amines is 1. The number of nitrogens with zero attached hydrogens (tertiary/aromatic N) is 1. The van der Waals surface area contributed by atoms with Crippen molar-refractivity contribution in [1.82, 2.24) is 4.98 Å². The number of esters is 1. The number of halogens is 1. The van der Waals surface area contributed by atoms with Gasteiger partial charge in [0.15, 0.2) is 11.9 Å². The molecule has 0 bridgehead atoms. The van der Waals surface area contributed by atoms with Crippen LogP contribution in [-0.4, -0.2) is 33.7 Å². The minimum absolute atomic E-state index is 0.00716. The van der Waals surface area contributed by atoms with Crippen molar-refractivity contribution in [2.75, 3.05) is 5.32 Å². The van der Waals surface area contributed by atoms with Gasteiger partial charge in [-0.25, -0.2) is 4.79 Å². The van der Waals surface area contributed by atoms with E-state index in [2.05, 4.69) is 10.3 Å². The van der Waals surface area contributed by atoms with E-state index in [9.17, 15) is 28.9 Å². The zero-order valence-electron chi connectivity index (χ0n) is 13.7. The normalized spacial score (nSPS) is 11.5. The molecule has 0 fully saturated rings. The molecule has 0 aliphatic rings. The van der Waals surface area contributed by atoms with Crippen molar-refractivity contribution < 1.29 is 28.4 Å². The van der Waals surface area contributed by atoms with Gasteiger partial charge in [-0.3, -0.25) is 19.7 Å². The highest BCUT2D eigenvalue weighted by Gasteiger charge is 2.22. The number of nitro benzene ring substituents is 1. The van der Waals surface area contributed by atoms with Crippen LogP contribution in [0.1, 0.15) is 34.7 Å². The fraction of sp³-hybridized carbons (Fsp3) is 0.188. The van der Waals surface area contributed by atoms with E-state index in [0.29, 0.717) is 0 Å². The van der Waals surface area contributed by atoms with Gasteiger partial charge in [0, 0.05) is 23.5 Å². The molecular formula is C16H14FN3O6. The van der Waals surface area contributed by atoms with Crippen LogP contribution in [0.3, 0.4) is 0 Å².